The van der Waals surface area contributed by atoms with E-state index in [1.807, 2.05) is 48.7 Å². The average molecular weight is 356 g/mol. The Morgan fingerprint density at radius 2 is 2.00 bits per heavy atom. The molecule has 1 aliphatic rings. The molecule has 0 fully saturated rings. The van der Waals surface area contributed by atoms with Crippen molar-refractivity contribution in [3.05, 3.63) is 57.8 Å². The first-order valence-corrected chi connectivity index (χ1v) is 9.14. The van der Waals surface area contributed by atoms with E-state index in [2.05, 4.69) is 5.10 Å². The van der Waals surface area contributed by atoms with Crippen molar-refractivity contribution in [2.24, 2.45) is 5.10 Å². The third-order valence-corrected chi connectivity index (χ3v) is 5.13. The molecule has 0 radical (unpaired) electrons. The highest BCUT2D eigenvalue weighted by Gasteiger charge is 2.33. The minimum atomic E-state index is -0.882. The van der Waals surface area contributed by atoms with Crippen LogP contribution >= 0.6 is 11.3 Å². The number of amides is 1. The van der Waals surface area contributed by atoms with Crippen LogP contribution in [0.15, 0.2) is 46.9 Å². The molecule has 0 bridgehead atoms. The van der Waals surface area contributed by atoms with Gasteiger partial charge < -0.3 is 5.11 Å². The van der Waals surface area contributed by atoms with Crippen LogP contribution in [-0.4, -0.2) is 27.7 Å². The van der Waals surface area contributed by atoms with Gasteiger partial charge in [0, 0.05) is 19.3 Å². The fourth-order valence-corrected chi connectivity index (χ4v) is 3.61. The third-order valence-electron chi connectivity index (χ3n) is 4.21. The Labute approximate surface area is 150 Å². The molecule has 1 aromatic heterocycles. The van der Waals surface area contributed by atoms with Gasteiger partial charge in [0.05, 0.1) is 16.6 Å². The summed E-state index contributed by atoms with van der Waals surface area (Å²) in [5.41, 5.74) is 3.13. The molecule has 0 spiro atoms. The van der Waals surface area contributed by atoms with Gasteiger partial charge in [0.25, 0.3) is 0 Å². The van der Waals surface area contributed by atoms with E-state index in [1.54, 1.807) is 16.3 Å². The van der Waals surface area contributed by atoms with Crippen molar-refractivity contribution in [1.82, 2.24) is 5.01 Å². The summed E-state index contributed by atoms with van der Waals surface area (Å²) in [5, 5.41) is 16.9. The van der Waals surface area contributed by atoms with Crippen LogP contribution in [0.3, 0.4) is 0 Å². The zero-order chi connectivity index (χ0) is 17.8. The highest BCUT2D eigenvalue weighted by Crippen LogP contribution is 2.34. The van der Waals surface area contributed by atoms with Crippen LogP contribution in [0.5, 0.6) is 0 Å². The molecule has 3 rings (SSSR count). The van der Waals surface area contributed by atoms with Gasteiger partial charge in [-0.1, -0.05) is 35.9 Å². The molecule has 2 heterocycles. The van der Waals surface area contributed by atoms with E-state index >= 15 is 0 Å². The quantitative estimate of drug-likeness (QED) is 0.851. The first kappa shape index (κ1) is 17.4. The molecule has 0 saturated heterocycles. The summed E-state index contributed by atoms with van der Waals surface area (Å²) in [4.78, 5) is 24.4. The van der Waals surface area contributed by atoms with E-state index in [-0.39, 0.29) is 24.8 Å². The van der Waals surface area contributed by atoms with Crippen molar-refractivity contribution in [3.8, 4) is 0 Å². The smallest absolute Gasteiger partial charge is 0.303 e. The molecule has 0 unspecified atom stereocenters. The summed E-state index contributed by atoms with van der Waals surface area (Å²) in [7, 11) is 0. The maximum atomic E-state index is 12.6. The predicted octanol–water partition coefficient (Wildman–Crippen LogP) is 3.99. The molecule has 25 heavy (non-hydrogen) atoms. The maximum Gasteiger partial charge on any atom is 0.303 e. The second-order valence-electron chi connectivity index (χ2n) is 6.14. The minimum Gasteiger partial charge on any atom is -0.481 e. The second-order valence-corrected chi connectivity index (χ2v) is 7.09. The summed E-state index contributed by atoms with van der Waals surface area (Å²) in [6.07, 6.45) is 1.19. The van der Waals surface area contributed by atoms with Crippen LogP contribution in [0.25, 0.3) is 0 Å². The van der Waals surface area contributed by atoms with E-state index in [4.69, 9.17) is 5.11 Å². The van der Waals surface area contributed by atoms with E-state index in [0.717, 1.165) is 16.2 Å². The maximum absolute atomic E-state index is 12.6. The number of hydrazone groups is 1. The molecular weight excluding hydrogens is 336 g/mol. The lowest BCUT2D eigenvalue weighted by molar-refractivity contribution is -0.137. The summed E-state index contributed by atoms with van der Waals surface area (Å²) in [6.45, 7) is 2.03. The zero-order valence-corrected chi connectivity index (χ0v) is 14.8. The van der Waals surface area contributed by atoms with Gasteiger partial charge in [-0.25, -0.2) is 5.01 Å². The molecule has 1 aromatic carbocycles. The highest BCUT2D eigenvalue weighted by atomic mass is 32.1. The van der Waals surface area contributed by atoms with Crippen LogP contribution in [0, 0.1) is 6.92 Å². The van der Waals surface area contributed by atoms with Gasteiger partial charge in [-0.3, -0.25) is 9.59 Å². The fraction of sp³-hybridized carbons (Fsp3) is 0.316. The molecule has 2 aromatic rings. The molecule has 5 nitrogen and oxygen atoms in total. The molecule has 0 aliphatic carbocycles. The number of thiophene rings is 1. The highest BCUT2D eigenvalue weighted by molar-refractivity contribution is 7.12. The van der Waals surface area contributed by atoms with Crippen molar-refractivity contribution in [2.45, 2.75) is 38.6 Å². The summed E-state index contributed by atoms with van der Waals surface area (Å²) < 4.78 is 0. The van der Waals surface area contributed by atoms with E-state index in [0.29, 0.717) is 12.8 Å². The van der Waals surface area contributed by atoms with Crippen molar-refractivity contribution in [2.75, 3.05) is 0 Å². The Morgan fingerprint density at radius 1 is 1.24 bits per heavy atom. The molecule has 1 amide bonds. The number of aliphatic carboxylic acids is 1. The van der Waals surface area contributed by atoms with Crippen LogP contribution in [0.1, 0.15) is 47.7 Å². The number of hydrogen-bond acceptors (Lipinski definition) is 4. The Kier molecular flexibility index (Phi) is 5.28. The first-order chi connectivity index (χ1) is 12.0. The van der Waals surface area contributed by atoms with Crippen molar-refractivity contribution < 1.29 is 14.7 Å². The minimum absolute atomic E-state index is 0.00370. The molecule has 6 heteroatoms. The summed E-state index contributed by atoms with van der Waals surface area (Å²) >= 11 is 1.61. The Bertz CT molecular complexity index is 782. The van der Waals surface area contributed by atoms with Crippen LogP contribution < -0.4 is 0 Å². The number of aryl methyl sites for hydroxylation is 1. The van der Waals surface area contributed by atoms with Gasteiger partial charge in [0.2, 0.25) is 5.91 Å². The van der Waals surface area contributed by atoms with E-state index in [9.17, 15) is 9.59 Å². The fourth-order valence-electron chi connectivity index (χ4n) is 2.89. The monoisotopic (exact) mass is 356 g/mol. The number of nitrogens with zero attached hydrogens (tertiary/aromatic N) is 2. The number of carbonyl (C=O) groups excluding carboxylic acids is 1. The van der Waals surface area contributed by atoms with Gasteiger partial charge in [0.15, 0.2) is 0 Å². The largest absolute Gasteiger partial charge is 0.481 e. The van der Waals surface area contributed by atoms with E-state index < -0.39 is 5.97 Å². The SMILES string of the molecule is Cc1ccc([C@@H]2CC(c3cccs3)=NN2C(=O)CCCC(=O)O)cc1. The Balaban J connectivity index is 1.81. The van der Waals surface area contributed by atoms with Gasteiger partial charge in [0.1, 0.15) is 0 Å². The van der Waals surface area contributed by atoms with Crippen molar-refractivity contribution in [3.63, 3.8) is 0 Å². The zero-order valence-electron chi connectivity index (χ0n) is 14.0. The molecular formula is C19H20N2O3S. The normalized spacial score (nSPS) is 16.8. The van der Waals surface area contributed by atoms with Crippen LogP contribution in [-0.2, 0) is 9.59 Å². The molecule has 1 N–H and O–H groups in total. The van der Waals surface area contributed by atoms with Crippen LogP contribution in [0.2, 0.25) is 0 Å². The Morgan fingerprint density at radius 3 is 2.64 bits per heavy atom. The first-order valence-electron chi connectivity index (χ1n) is 8.26. The van der Waals surface area contributed by atoms with Crippen LogP contribution in [0.4, 0.5) is 0 Å². The second kappa shape index (κ2) is 7.61. The Hall–Kier alpha value is -2.47. The number of hydrogen-bond donors (Lipinski definition) is 1. The number of carbonyl (C=O) groups is 2. The van der Waals surface area contributed by atoms with Gasteiger partial charge in [-0.15, -0.1) is 11.3 Å². The predicted molar refractivity (Wildman–Crippen MR) is 97.7 cm³/mol. The van der Waals surface area contributed by atoms with Gasteiger partial charge >= 0.3 is 5.97 Å². The number of rotatable bonds is 6. The average Bonchev–Trinajstić information content (AvgIpc) is 3.24. The third kappa shape index (κ3) is 4.14. The van der Waals surface area contributed by atoms with Crippen molar-refractivity contribution in [1.29, 1.82) is 0 Å². The molecule has 1 aliphatic heterocycles. The number of carboxylic acids is 1. The van der Waals surface area contributed by atoms with Gasteiger partial charge in [-0.05, 0) is 30.4 Å². The number of benzene rings is 1. The standard InChI is InChI=1S/C19H20N2O3S/c1-13-7-9-14(10-8-13)16-12-15(17-4-3-11-25-17)20-21(16)18(22)5-2-6-19(23)24/h3-4,7-11,16H,2,5-6,12H2,1H3,(H,23,24)/t16-/m0/s1. The molecule has 1 atom stereocenters. The topological polar surface area (TPSA) is 70.0 Å². The molecule has 130 valence electrons. The van der Waals surface area contributed by atoms with Crippen molar-refractivity contribution >= 4 is 28.9 Å². The van der Waals surface area contributed by atoms with Gasteiger partial charge in [-0.2, -0.15) is 5.10 Å². The number of carboxylic acid groups (broad SMARTS) is 1. The lowest BCUT2D eigenvalue weighted by atomic mass is 10.00. The summed E-state index contributed by atoms with van der Waals surface area (Å²) in [6, 6.07) is 12.0. The lowest BCUT2D eigenvalue weighted by Gasteiger charge is -2.22. The lowest BCUT2D eigenvalue weighted by Crippen LogP contribution is -2.27. The molecule has 0 saturated carbocycles. The summed E-state index contributed by atoms with van der Waals surface area (Å²) in [5.74, 6) is -1.01. The van der Waals surface area contributed by atoms with E-state index in [1.165, 1.54) is 5.56 Å².